The summed E-state index contributed by atoms with van der Waals surface area (Å²) in [6, 6.07) is 42.1. The van der Waals surface area contributed by atoms with Gasteiger partial charge < -0.3 is 10.1 Å². The van der Waals surface area contributed by atoms with Crippen LogP contribution in [-0.2, 0) is 0 Å². The maximum Gasteiger partial charge on any atom is 0.147 e. The van der Waals surface area contributed by atoms with Gasteiger partial charge in [0.15, 0.2) is 0 Å². The van der Waals surface area contributed by atoms with Crippen molar-refractivity contribution in [2.45, 2.75) is 20.8 Å². The van der Waals surface area contributed by atoms with Crippen LogP contribution in [0.15, 0.2) is 134 Å². The van der Waals surface area contributed by atoms with E-state index in [2.05, 4.69) is 145 Å². The molecule has 0 spiro atoms. The Balaban J connectivity index is 1.28. The van der Waals surface area contributed by atoms with E-state index >= 15 is 0 Å². The van der Waals surface area contributed by atoms with Crippen LogP contribution < -0.4 is 10.1 Å². The van der Waals surface area contributed by atoms with E-state index in [1.165, 1.54) is 16.5 Å². The summed E-state index contributed by atoms with van der Waals surface area (Å²) >= 11 is 0. The number of benzene rings is 5. The van der Waals surface area contributed by atoms with Crippen LogP contribution in [0.25, 0.3) is 77.6 Å². The zero-order chi connectivity index (χ0) is 33.9. The molecule has 0 amide bonds. The Morgan fingerprint density at radius 2 is 1.32 bits per heavy atom. The predicted octanol–water partition coefficient (Wildman–Crippen LogP) is 10.9. The number of fused-ring (bicyclic) bond motifs is 9. The van der Waals surface area contributed by atoms with E-state index in [1.807, 2.05) is 24.4 Å². The van der Waals surface area contributed by atoms with E-state index in [1.54, 1.807) is 0 Å². The van der Waals surface area contributed by atoms with Crippen molar-refractivity contribution in [1.82, 2.24) is 24.3 Å². The lowest BCUT2D eigenvalue weighted by Gasteiger charge is -2.14. The second-order valence-corrected chi connectivity index (χ2v) is 12.8. The number of rotatable bonds is 7. The molecule has 0 saturated heterocycles. The van der Waals surface area contributed by atoms with Crippen molar-refractivity contribution in [2.24, 2.45) is 0 Å². The minimum Gasteiger partial charge on any atom is -0.457 e. The molecule has 0 bridgehead atoms. The number of para-hydroxylation sites is 1. The lowest BCUT2D eigenvalue weighted by molar-refractivity contribution is 0.484. The van der Waals surface area contributed by atoms with Crippen molar-refractivity contribution in [1.29, 1.82) is 0 Å². The summed E-state index contributed by atoms with van der Waals surface area (Å²) in [5.74, 6) is 2.30. The Labute approximate surface area is 289 Å². The number of ether oxygens (including phenoxy) is 1. The number of nitrogens with one attached hydrogen (secondary N) is 1. The number of imidazole rings is 1. The predicted molar refractivity (Wildman–Crippen MR) is 207 cm³/mol. The van der Waals surface area contributed by atoms with Gasteiger partial charge in [-0.25, -0.2) is 9.97 Å². The molecular formula is C44H35N5O. The van der Waals surface area contributed by atoms with Crippen molar-refractivity contribution in [2.75, 3.05) is 6.54 Å². The van der Waals surface area contributed by atoms with Gasteiger partial charge in [0.05, 0.1) is 22.4 Å². The maximum atomic E-state index is 6.67. The number of nitrogens with zero attached hydrogens (tertiary/aromatic N) is 4. The lowest BCUT2D eigenvalue weighted by Crippen LogP contribution is -2.15. The smallest absolute Gasteiger partial charge is 0.147 e. The van der Waals surface area contributed by atoms with Gasteiger partial charge in [-0.15, -0.1) is 0 Å². The molecule has 9 rings (SSSR count). The molecular weight excluding hydrogens is 615 g/mol. The number of aromatic nitrogens is 4. The van der Waals surface area contributed by atoms with Gasteiger partial charge in [-0.2, -0.15) is 0 Å². The van der Waals surface area contributed by atoms with E-state index in [4.69, 9.17) is 14.7 Å². The van der Waals surface area contributed by atoms with Gasteiger partial charge in [-0.05, 0) is 85.8 Å². The highest BCUT2D eigenvalue weighted by Gasteiger charge is 2.23. The Morgan fingerprint density at radius 1 is 0.660 bits per heavy atom. The van der Waals surface area contributed by atoms with Gasteiger partial charge >= 0.3 is 0 Å². The summed E-state index contributed by atoms with van der Waals surface area (Å²) in [5, 5.41) is 8.85. The first-order valence-electron chi connectivity index (χ1n) is 17.0. The molecule has 6 heteroatoms. The van der Waals surface area contributed by atoms with Crippen molar-refractivity contribution >= 4 is 55.1 Å². The SMILES string of the molecule is C=C(NCC)n1c2ccccc2c2ccc(Oc3ccc4c5cccnc5n5c(-c6ccccc6C)c(-c6ccccc6C)nc5c4c3)cc21. The first-order valence-corrected chi connectivity index (χ1v) is 17.0. The molecule has 5 aromatic carbocycles. The summed E-state index contributed by atoms with van der Waals surface area (Å²) in [6.07, 6.45) is 1.86. The van der Waals surface area contributed by atoms with Gasteiger partial charge in [0.1, 0.15) is 28.6 Å². The van der Waals surface area contributed by atoms with Crippen LogP contribution in [0.3, 0.4) is 0 Å². The van der Waals surface area contributed by atoms with E-state index in [0.717, 1.165) is 90.3 Å². The summed E-state index contributed by atoms with van der Waals surface area (Å²) in [6.45, 7) is 11.5. The molecule has 0 radical (unpaired) electrons. The summed E-state index contributed by atoms with van der Waals surface area (Å²) in [5.41, 5.74) is 10.4. The van der Waals surface area contributed by atoms with Crippen LogP contribution >= 0.6 is 0 Å². The van der Waals surface area contributed by atoms with Gasteiger partial charge in [-0.1, -0.05) is 73.3 Å². The minimum atomic E-state index is 0.730. The Hall–Kier alpha value is -6.40. The van der Waals surface area contributed by atoms with E-state index < -0.39 is 0 Å². The third-order valence-corrected chi connectivity index (χ3v) is 9.73. The molecule has 0 aliphatic heterocycles. The molecule has 0 saturated carbocycles. The largest absolute Gasteiger partial charge is 0.457 e. The fourth-order valence-electron chi connectivity index (χ4n) is 7.44. The third-order valence-electron chi connectivity index (χ3n) is 9.73. The van der Waals surface area contributed by atoms with Crippen LogP contribution in [0.2, 0.25) is 0 Å². The number of aryl methyl sites for hydroxylation is 2. The summed E-state index contributed by atoms with van der Waals surface area (Å²) in [7, 11) is 0. The molecule has 9 aromatic rings. The normalized spacial score (nSPS) is 11.7. The molecule has 0 atom stereocenters. The van der Waals surface area contributed by atoms with Crippen LogP contribution in [0.4, 0.5) is 0 Å². The molecule has 50 heavy (non-hydrogen) atoms. The van der Waals surface area contributed by atoms with Gasteiger partial charge in [0.2, 0.25) is 0 Å². The average Bonchev–Trinajstić information content (AvgIpc) is 3.69. The summed E-state index contributed by atoms with van der Waals surface area (Å²) < 4.78 is 11.1. The fourth-order valence-corrected chi connectivity index (χ4v) is 7.44. The zero-order valence-corrected chi connectivity index (χ0v) is 28.2. The molecule has 0 fully saturated rings. The number of hydrogen-bond donors (Lipinski definition) is 1. The fraction of sp³-hybridized carbons (Fsp3) is 0.0909. The highest BCUT2D eigenvalue weighted by Crippen LogP contribution is 2.42. The van der Waals surface area contributed by atoms with Crippen molar-refractivity contribution in [3.63, 3.8) is 0 Å². The van der Waals surface area contributed by atoms with E-state index in [9.17, 15) is 0 Å². The monoisotopic (exact) mass is 649 g/mol. The quantitative estimate of drug-likeness (QED) is 0.175. The van der Waals surface area contributed by atoms with Crippen molar-refractivity contribution < 1.29 is 4.74 Å². The molecule has 0 aliphatic carbocycles. The second-order valence-electron chi connectivity index (χ2n) is 12.8. The van der Waals surface area contributed by atoms with Crippen molar-refractivity contribution in [3.8, 4) is 34.0 Å². The van der Waals surface area contributed by atoms with Gasteiger partial charge in [-0.3, -0.25) is 8.97 Å². The Kier molecular flexibility index (Phi) is 6.92. The average molecular weight is 650 g/mol. The van der Waals surface area contributed by atoms with Crippen LogP contribution in [0.5, 0.6) is 11.5 Å². The lowest BCUT2D eigenvalue weighted by atomic mass is 9.98. The van der Waals surface area contributed by atoms with Crippen LogP contribution in [-0.4, -0.2) is 25.5 Å². The summed E-state index contributed by atoms with van der Waals surface area (Å²) in [4.78, 5) is 10.4. The standard InChI is InChI=1S/C44H35N5O/c1-5-45-29(4)48-39-19-11-10-17-35(39)36-23-21-31(26-40(36)48)50-30-20-22-34-37-18-12-24-46-43(37)49-42(33-16-9-7-14-28(33)3)41(47-44(49)38(34)25-30)32-15-8-6-13-27(32)2/h6-26,45H,4-5H2,1-3H3. The second kappa shape index (κ2) is 11.6. The number of hydrogen-bond acceptors (Lipinski definition) is 4. The zero-order valence-electron chi connectivity index (χ0n) is 28.2. The molecule has 242 valence electrons. The first kappa shape index (κ1) is 29.7. The first-order chi connectivity index (χ1) is 24.5. The van der Waals surface area contributed by atoms with Crippen molar-refractivity contribution in [3.05, 3.63) is 145 Å². The highest BCUT2D eigenvalue weighted by molar-refractivity contribution is 6.13. The number of pyridine rings is 2. The van der Waals surface area contributed by atoms with Gasteiger partial charge in [0, 0.05) is 51.5 Å². The molecule has 4 heterocycles. The topological polar surface area (TPSA) is 56.4 Å². The molecule has 6 nitrogen and oxygen atoms in total. The third kappa shape index (κ3) is 4.56. The molecule has 4 aromatic heterocycles. The van der Waals surface area contributed by atoms with E-state index in [-0.39, 0.29) is 0 Å². The maximum absolute atomic E-state index is 6.67. The molecule has 0 unspecified atom stereocenters. The van der Waals surface area contributed by atoms with Crippen LogP contribution in [0, 0.1) is 13.8 Å². The van der Waals surface area contributed by atoms with E-state index in [0.29, 0.717) is 0 Å². The molecule has 0 aliphatic rings. The molecule has 1 N–H and O–H groups in total. The Morgan fingerprint density at radius 3 is 2.10 bits per heavy atom. The minimum absolute atomic E-state index is 0.730. The van der Waals surface area contributed by atoms with Crippen LogP contribution in [0.1, 0.15) is 18.1 Å². The van der Waals surface area contributed by atoms with Gasteiger partial charge in [0.25, 0.3) is 0 Å². The Bertz CT molecular complexity index is 2810. The highest BCUT2D eigenvalue weighted by atomic mass is 16.5.